The van der Waals surface area contributed by atoms with E-state index < -0.39 is 77.7 Å². The lowest BCUT2D eigenvalue weighted by atomic mass is 9.74. The van der Waals surface area contributed by atoms with Crippen molar-refractivity contribution in [2.24, 2.45) is 17.8 Å². The summed E-state index contributed by atoms with van der Waals surface area (Å²) in [6.45, 7) is 12.9. The number of allylic oxidation sites excluding steroid dienone is 1. The van der Waals surface area contributed by atoms with Crippen LogP contribution in [-0.4, -0.2) is 96.8 Å². The Hall–Kier alpha value is -4.11. The summed E-state index contributed by atoms with van der Waals surface area (Å²) < 4.78 is 22.0. The Kier molecular flexibility index (Phi) is 12.5. The van der Waals surface area contributed by atoms with Gasteiger partial charge in [0, 0.05) is 25.3 Å². The molecule has 2 aliphatic rings. The van der Waals surface area contributed by atoms with Gasteiger partial charge in [0.1, 0.15) is 12.2 Å². The van der Waals surface area contributed by atoms with Crippen LogP contribution in [0.2, 0.25) is 0 Å². The normalized spacial score (nSPS) is 30.1. The number of aliphatic carboxylic acids is 3. The van der Waals surface area contributed by atoms with Gasteiger partial charge in [-0.1, -0.05) is 77.1 Å². The van der Waals surface area contributed by atoms with E-state index in [1.54, 1.807) is 6.92 Å². The first-order valence-corrected chi connectivity index (χ1v) is 16.1. The Balaban J connectivity index is 2.02. The van der Waals surface area contributed by atoms with Gasteiger partial charge in [0.15, 0.2) is 6.10 Å². The Morgan fingerprint density at radius 2 is 1.67 bits per heavy atom. The highest BCUT2D eigenvalue weighted by Gasteiger charge is 2.85. The molecule has 0 radical (unpaired) electrons. The molecule has 1 unspecified atom stereocenters. The van der Waals surface area contributed by atoms with Crippen LogP contribution >= 0.6 is 0 Å². The summed E-state index contributed by atoms with van der Waals surface area (Å²) in [5.41, 5.74) is -6.27. The van der Waals surface area contributed by atoms with Crippen molar-refractivity contribution in [1.29, 1.82) is 0 Å². The van der Waals surface area contributed by atoms with E-state index in [2.05, 4.69) is 6.58 Å². The van der Waals surface area contributed by atoms with Crippen molar-refractivity contribution in [3.05, 3.63) is 60.2 Å². The lowest BCUT2D eigenvalue weighted by molar-refractivity contribution is -0.374. The highest BCUT2D eigenvalue weighted by Crippen LogP contribution is 2.56. The summed E-state index contributed by atoms with van der Waals surface area (Å²) in [5, 5.41) is 53.5. The minimum absolute atomic E-state index is 0.123. The van der Waals surface area contributed by atoms with Crippen LogP contribution in [-0.2, 0) is 49.3 Å². The lowest BCUT2D eigenvalue weighted by Crippen LogP contribution is -2.78. The Labute approximate surface area is 284 Å². The molecule has 5 N–H and O–H groups in total. The molecule has 2 bridgehead atoms. The fourth-order valence-electron chi connectivity index (χ4n) is 6.58. The van der Waals surface area contributed by atoms with Gasteiger partial charge in [0.05, 0.1) is 0 Å². The van der Waals surface area contributed by atoms with Gasteiger partial charge in [-0.05, 0) is 42.2 Å². The summed E-state index contributed by atoms with van der Waals surface area (Å²) in [6.07, 6.45) is -4.83. The maximum atomic E-state index is 13.0. The van der Waals surface area contributed by atoms with Gasteiger partial charge < -0.3 is 44.5 Å². The van der Waals surface area contributed by atoms with Crippen LogP contribution in [0.5, 0.6) is 0 Å². The highest BCUT2D eigenvalue weighted by atomic mass is 16.8. The first-order valence-electron chi connectivity index (χ1n) is 16.1. The third-order valence-corrected chi connectivity index (χ3v) is 9.29. The second-order valence-corrected chi connectivity index (χ2v) is 13.1. The zero-order chi connectivity index (χ0) is 36.9. The number of ether oxygens (including phenoxy) is 4. The number of fused-ring (bicyclic) bond motifs is 2. The molecule has 0 spiro atoms. The van der Waals surface area contributed by atoms with E-state index in [0.717, 1.165) is 18.1 Å². The summed E-state index contributed by atoms with van der Waals surface area (Å²) in [7, 11) is 0. The van der Waals surface area contributed by atoms with Crippen LogP contribution in [0, 0.1) is 17.8 Å². The molecule has 0 aliphatic carbocycles. The summed E-state index contributed by atoms with van der Waals surface area (Å²) in [6, 6.07) is 9.29. The van der Waals surface area contributed by atoms with Crippen molar-refractivity contribution in [3.8, 4) is 0 Å². The van der Waals surface area contributed by atoms with E-state index in [1.807, 2.05) is 51.1 Å². The van der Waals surface area contributed by atoms with E-state index in [9.17, 15) is 49.5 Å². The first-order chi connectivity index (χ1) is 22.9. The number of aliphatic hydroxyl groups excluding tert-OH is 1. The van der Waals surface area contributed by atoms with Crippen LogP contribution < -0.4 is 0 Å². The third kappa shape index (κ3) is 7.88. The molecule has 2 heterocycles. The Morgan fingerprint density at radius 3 is 2.20 bits per heavy atom. The molecule has 3 rings (SSSR count). The molecule has 2 fully saturated rings. The molecule has 2 saturated heterocycles. The van der Waals surface area contributed by atoms with Gasteiger partial charge in [-0.3, -0.25) is 4.79 Å². The van der Waals surface area contributed by atoms with Crippen LogP contribution in [0.1, 0.15) is 65.9 Å². The Bertz CT molecular complexity index is 1440. The number of carboxylic acids is 3. The number of benzene rings is 1. The number of rotatable bonds is 17. The van der Waals surface area contributed by atoms with Gasteiger partial charge in [-0.15, -0.1) is 0 Å². The SMILES string of the molecule is C=C(CC[C@]12O[C@H](C(=O)O)[C@@](O)(C(=O)O)[C@](C(=O)O)(O1)C(OC(=O)C=C[C@@H](C)C[C@@H](C)CC)[C@H]2O)[C@@H](OC(C)=O)[C@H](C)Cc1ccccc1. The number of esters is 2. The predicted octanol–water partition coefficient (Wildman–Crippen LogP) is 2.88. The molecule has 0 amide bonds. The second-order valence-electron chi connectivity index (χ2n) is 13.1. The number of carbonyl (C=O) groups is 5. The molecule has 1 aromatic rings. The van der Waals surface area contributed by atoms with Gasteiger partial charge in [0.25, 0.3) is 0 Å². The number of carboxylic acid groups (broad SMARTS) is 3. The van der Waals surface area contributed by atoms with Gasteiger partial charge >= 0.3 is 29.8 Å². The summed E-state index contributed by atoms with van der Waals surface area (Å²) in [5.74, 6) is -11.3. The molecular formula is C35H46O14. The smallest absolute Gasteiger partial charge is 0.344 e. The van der Waals surface area contributed by atoms with Crippen LogP contribution in [0.4, 0.5) is 0 Å². The minimum atomic E-state index is -3.90. The van der Waals surface area contributed by atoms with E-state index >= 15 is 0 Å². The molecule has 0 saturated carbocycles. The van der Waals surface area contributed by atoms with Gasteiger partial charge in [-0.25, -0.2) is 19.2 Å². The summed E-state index contributed by atoms with van der Waals surface area (Å²) in [4.78, 5) is 63.0. The topological polar surface area (TPSA) is 223 Å². The maximum absolute atomic E-state index is 13.0. The number of hydrogen-bond donors (Lipinski definition) is 5. The molecule has 1 aromatic carbocycles. The van der Waals surface area contributed by atoms with Crippen molar-refractivity contribution in [2.75, 3.05) is 0 Å². The van der Waals surface area contributed by atoms with E-state index in [0.29, 0.717) is 18.8 Å². The largest absolute Gasteiger partial charge is 0.479 e. The average Bonchev–Trinajstić information content (AvgIpc) is 3.25. The van der Waals surface area contributed by atoms with E-state index in [1.165, 1.54) is 13.0 Å². The molecule has 2 aliphatic heterocycles. The maximum Gasteiger partial charge on any atom is 0.344 e. The van der Waals surface area contributed by atoms with Crippen molar-refractivity contribution in [1.82, 2.24) is 0 Å². The minimum Gasteiger partial charge on any atom is -0.479 e. The molecule has 10 atom stereocenters. The standard InChI is InChI=1S/C35H46O14/c1-7-19(2)17-20(3)13-14-25(37)47-28-27(38)33(48-29(30(39)40)34(45,31(41)42)35(28,49-33)32(43)44)16-15-21(4)26(46-23(6)36)22(5)18-24-11-9-8-10-12-24/h8-14,19-20,22,26-29,38,45H,4,7,15-18H2,1-3,5-6H3,(H,39,40)(H,41,42)(H,43,44)/t19-,20+,22+,26+,27+,28?,29+,33-,34+,35-/m0/s1. The quantitative estimate of drug-likeness (QED) is 0.0901. The van der Waals surface area contributed by atoms with Gasteiger partial charge in [0.2, 0.25) is 23.1 Å². The molecule has 0 aromatic heterocycles. The number of aliphatic hydroxyl groups is 2. The van der Waals surface area contributed by atoms with Crippen LogP contribution in [0.3, 0.4) is 0 Å². The molecule has 14 heteroatoms. The van der Waals surface area contributed by atoms with Crippen molar-refractivity contribution in [2.45, 2.75) is 108 Å². The highest BCUT2D eigenvalue weighted by molar-refractivity contribution is 5.98. The second kappa shape index (κ2) is 15.6. The molecule has 270 valence electrons. The lowest BCUT2D eigenvalue weighted by Gasteiger charge is -2.48. The van der Waals surface area contributed by atoms with Crippen LogP contribution in [0.15, 0.2) is 54.6 Å². The number of carbonyl (C=O) groups excluding carboxylic acids is 2. The number of hydrogen-bond acceptors (Lipinski definition) is 11. The zero-order valence-corrected chi connectivity index (χ0v) is 28.2. The molecule has 14 nitrogen and oxygen atoms in total. The van der Waals surface area contributed by atoms with Crippen molar-refractivity contribution < 1.29 is 68.5 Å². The van der Waals surface area contributed by atoms with Gasteiger partial charge in [-0.2, -0.15) is 0 Å². The van der Waals surface area contributed by atoms with E-state index in [4.69, 9.17) is 18.9 Å². The first kappa shape index (κ1) is 39.3. The fourth-order valence-corrected chi connectivity index (χ4v) is 6.58. The molecule has 49 heavy (non-hydrogen) atoms. The van der Waals surface area contributed by atoms with Crippen molar-refractivity contribution in [3.63, 3.8) is 0 Å². The Morgan fingerprint density at radius 1 is 1.04 bits per heavy atom. The fraction of sp³-hybridized carbons (Fsp3) is 0.571. The zero-order valence-electron chi connectivity index (χ0n) is 28.2. The van der Waals surface area contributed by atoms with Crippen molar-refractivity contribution >= 4 is 29.8 Å². The average molecular weight is 691 g/mol. The summed E-state index contributed by atoms with van der Waals surface area (Å²) >= 11 is 0. The van der Waals surface area contributed by atoms with E-state index in [-0.39, 0.29) is 23.8 Å². The van der Waals surface area contributed by atoms with Crippen LogP contribution in [0.25, 0.3) is 0 Å². The molecular weight excluding hydrogens is 644 g/mol. The monoisotopic (exact) mass is 690 g/mol. The third-order valence-electron chi connectivity index (χ3n) is 9.29. The predicted molar refractivity (Wildman–Crippen MR) is 171 cm³/mol.